The molecule has 0 radical (unpaired) electrons. The van der Waals surface area contributed by atoms with Gasteiger partial charge in [0.05, 0.1) is 21.2 Å². The lowest BCUT2D eigenvalue weighted by Gasteiger charge is -2.15. The standard InChI is InChI=1S/C24H22N6O4S4/c31-17(27-25-15-7-3-1-4-8-15)11-13-29-21(33)19(37-23(29)35)20-22(34)30(24(36)38-20)14-12-18(32)28-26-16-9-5-2-6-10-16/h1-10,25-26H,11-14H2,(H,27,31)(H,28,32). The van der Waals surface area contributed by atoms with Crippen LogP contribution in [0.15, 0.2) is 70.5 Å². The molecule has 38 heavy (non-hydrogen) atoms. The molecule has 0 unspecified atom stereocenters. The van der Waals surface area contributed by atoms with Crippen molar-refractivity contribution in [1.82, 2.24) is 20.7 Å². The highest BCUT2D eigenvalue weighted by Crippen LogP contribution is 2.42. The Labute approximate surface area is 237 Å². The van der Waals surface area contributed by atoms with E-state index in [4.69, 9.17) is 24.4 Å². The summed E-state index contributed by atoms with van der Waals surface area (Å²) in [6.45, 7) is 0.122. The van der Waals surface area contributed by atoms with Crippen LogP contribution in [-0.4, -0.2) is 55.2 Å². The summed E-state index contributed by atoms with van der Waals surface area (Å²) in [6, 6.07) is 18.2. The number of carbonyl (C=O) groups excluding carboxylic acids is 4. The zero-order chi connectivity index (χ0) is 27.1. The number of thioether (sulfide) groups is 2. The smallest absolute Gasteiger partial charge is 0.267 e. The number of nitrogens with zero attached hydrogens (tertiary/aromatic N) is 2. The molecule has 2 fully saturated rings. The second-order valence-electron chi connectivity index (χ2n) is 7.89. The maximum atomic E-state index is 13.1. The first-order valence-electron chi connectivity index (χ1n) is 11.3. The van der Waals surface area contributed by atoms with Gasteiger partial charge in [-0.05, 0) is 24.3 Å². The van der Waals surface area contributed by atoms with Gasteiger partial charge in [0.2, 0.25) is 11.8 Å². The van der Waals surface area contributed by atoms with Crippen LogP contribution in [0.5, 0.6) is 0 Å². The maximum Gasteiger partial charge on any atom is 0.267 e. The molecule has 4 rings (SSSR count). The number of anilines is 2. The monoisotopic (exact) mass is 586 g/mol. The Morgan fingerprint density at radius 3 is 1.39 bits per heavy atom. The largest absolute Gasteiger partial charge is 0.299 e. The van der Waals surface area contributed by atoms with Crippen LogP contribution in [0.25, 0.3) is 0 Å². The van der Waals surface area contributed by atoms with Gasteiger partial charge in [0.25, 0.3) is 11.8 Å². The molecule has 2 saturated heterocycles. The van der Waals surface area contributed by atoms with Crippen molar-refractivity contribution >= 4 is 91.6 Å². The second kappa shape index (κ2) is 12.9. The van der Waals surface area contributed by atoms with Gasteiger partial charge in [0.15, 0.2) is 0 Å². The molecule has 0 atom stereocenters. The SMILES string of the molecule is O=C(CCN1C(=O)C(=C2SC(=S)N(CCC(=O)NNc3ccccc3)C2=O)SC1=S)NNc1ccccc1. The molecule has 2 heterocycles. The lowest BCUT2D eigenvalue weighted by atomic mass is 10.3. The predicted molar refractivity (Wildman–Crippen MR) is 156 cm³/mol. The van der Waals surface area contributed by atoms with Crippen LogP contribution in [0, 0.1) is 0 Å². The summed E-state index contributed by atoms with van der Waals surface area (Å²) in [7, 11) is 0. The van der Waals surface area contributed by atoms with E-state index in [2.05, 4.69) is 21.7 Å². The van der Waals surface area contributed by atoms with Gasteiger partial charge in [-0.3, -0.25) is 50.7 Å². The van der Waals surface area contributed by atoms with Crippen molar-refractivity contribution in [3.8, 4) is 0 Å². The molecule has 4 amide bonds. The van der Waals surface area contributed by atoms with Crippen LogP contribution in [0.1, 0.15) is 12.8 Å². The molecule has 196 valence electrons. The van der Waals surface area contributed by atoms with Crippen molar-refractivity contribution in [3.05, 3.63) is 70.5 Å². The van der Waals surface area contributed by atoms with Crippen LogP contribution < -0.4 is 21.7 Å². The molecule has 4 N–H and O–H groups in total. The molecule has 2 aromatic rings. The first kappa shape index (κ1) is 27.6. The van der Waals surface area contributed by atoms with Gasteiger partial charge in [-0.1, -0.05) is 84.4 Å². The summed E-state index contributed by atoms with van der Waals surface area (Å²) in [5.41, 5.74) is 12.2. The number of rotatable bonds is 10. The third-order valence-electron chi connectivity index (χ3n) is 5.27. The molecule has 0 spiro atoms. The van der Waals surface area contributed by atoms with E-state index in [9.17, 15) is 19.2 Å². The van der Waals surface area contributed by atoms with E-state index < -0.39 is 11.8 Å². The predicted octanol–water partition coefficient (Wildman–Crippen LogP) is 2.99. The third-order valence-corrected chi connectivity index (χ3v) is 8.30. The molecule has 0 saturated carbocycles. The van der Waals surface area contributed by atoms with Crippen LogP contribution in [-0.2, 0) is 19.2 Å². The fraction of sp³-hybridized carbons (Fsp3) is 0.167. The van der Waals surface area contributed by atoms with Gasteiger partial charge in [0.1, 0.15) is 8.64 Å². The number of hydrazine groups is 2. The minimum absolute atomic E-state index is 0.00659. The second-order valence-corrected chi connectivity index (χ2v) is 11.2. The van der Waals surface area contributed by atoms with Crippen LogP contribution in [0.3, 0.4) is 0 Å². The molecule has 14 heteroatoms. The molecule has 2 aliphatic heterocycles. The van der Waals surface area contributed by atoms with E-state index in [1.54, 1.807) is 24.3 Å². The van der Waals surface area contributed by atoms with Crippen LogP contribution in [0.2, 0.25) is 0 Å². The fourth-order valence-electron chi connectivity index (χ4n) is 3.33. The van der Waals surface area contributed by atoms with Gasteiger partial charge in [-0.15, -0.1) is 0 Å². The van der Waals surface area contributed by atoms with E-state index in [1.165, 1.54) is 9.80 Å². The molecule has 10 nitrogen and oxygen atoms in total. The maximum absolute atomic E-state index is 13.1. The van der Waals surface area contributed by atoms with E-state index in [0.717, 1.165) is 34.9 Å². The Bertz CT molecular complexity index is 1210. The molecular formula is C24H22N6O4S4. The number of nitrogens with one attached hydrogen (secondary N) is 4. The van der Waals surface area contributed by atoms with Crippen molar-refractivity contribution in [3.63, 3.8) is 0 Å². The number of amides is 4. The molecule has 0 aromatic heterocycles. The van der Waals surface area contributed by atoms with Crippen molar-refractivity contribution in [2.24, 2.45) is 0 Å². The van der Waals surface area contributed by atoms with Crippen LogP contribution in [0.4, 0.5) is 11.4 Å². The highest BCUT2D eigenvalue weighted by Gasteiger charge is 2.42. The topological polar surface area (TPSA) is 123 Å². The third kappa shape index (κ3) is 6.89. The quantitative estimate of drug-likeness (QED) is 0.188. The summed E-state index contributed by atoms with van der Waals surface area (Å²) in [4.78, 5) is 53.5. The van der Waals surface area contributed by atoms with Crippen LogP contribution >= 0.6 is 48.0 Å². The highest BCUT2D eigenvalue weighted by atomic mass is 32.2. The lowest BCUT2D eigenvalue weighted by Crippen LogP contribution is -2.36. The van der Waals surface area contributed by atoms with Gasteiger partial charge in [-0.25, -0.2) is 0 Å². The van der Waals surface area contributed by atoms with E-state index >= 15 is 0 Å². The average Bonchev–Trinajstić information content (AvgIpc) is 3.37. The number of hydrogen-bond donors (Lipinski definition) is 4. The Kier molecular flexibility index (Phi) is 9.33. The summed E-state index contributed by atoms with van der Waals surface area (Å²) in [5.74, 6) is -1.55. The van der Waals surface area contributed by atoms with Crippen molar-refractivity contribution in [2.75, 3.05) is 23.9 Å². The van der Waals surface area contributed by atoms with Crippen molar-refractivity contribution in [1.29, 1.82) is 0 Å². The van der Waals surface area contributed by atoms with E-state index in [1.807, 2.05) is 36.4 Å². The van der Waals surface area contributed by atoms with Gasteiger partial charge >= 0.3 is 0 Å². The molecule has 0 aliphatic carbocycles. The first-order chi connectivity index (χ1) is 18.3. The normalized spacial score (nSPS) is 17.2. The van der Waals surface area contributed by atoms with Crippen molar-refractivity contribution < 1.29 is 19.2 Å². The Morgan fingerprint density at radius 1 is 0.658 bits per heavy atom. The molecule has 2 aromatic carbocycles. The van der Waals surface area contributed by atoms with Gasteiger partial charge in [0, 0.05) is 25.9 Å². The molecule has 0 bridgehead atoms. The molecule has 2 aliphatic rings. The molecular weight excluding hydrogens is 565 g/mol. The number of para-hydroxylation sites is 2. The Balaban J connectivity index is 1.29. The number of thiocarbonyl (C=S) groups is 2. The fourth-order valence-corrected chi connectivity index (χ4v) is 6.11. The Hall–Kier alpha value is -3.46. The average molecular weight is 587 g/mol. The minimum Gasteiger partial charge on any atom is -0.299 e. The highest BCUT2D eigenvalue weighted by molar-refractivity contribution is 8.29. The van der Waals surface area contributed by atoms with E-state index in [-0.39, 0.29) is 56.2 Å². The van der Waals surface area contributed by atoms with Crippen molar-refractivity contribution in [2.45, 2.75) is 12.8 Å². The zero-order valence-corrected chi connectivity index (χ0v) is 23.0. The Morgan fingerprint density at radius 2 is 1.03 bits per heavy atom. The minimum atomic E-state index is -0.450. The summed E-state index contributed by atoms with van der Waals surface area (Å²) in [6.07, 6.45) is 0.0132. The van der Waals surface area contributed by atoms with Gasteiger partial charge < -0.3 is 0 Å². The summed E-state index contributed by atoms with van der Waals surface area (Å²) in [5, 5.41) is 0. The first-order valence-corrected chi connectivity index (χ1v) is 13.8. The summed E-state index contributed by atoms with van der Waals surface area (Å²) >= 11 is 12.7. The zero-order valence-electron chi connectivity index (χ0n) is 19.8. The van der Waals surface area contributed by atoms with Gasteiger partial charge in [-0.2, -0.15) is 0 Å². The number of hydrogen-bond acceptors (Lipinski definition) is 10. The van der Waals surface area contributed by atoms with E-state index in [0.29, 0.717) is 0 Å². The number of carbonyl (C=O) groups is 4. The summed E-state index contributed by atoms with van der Waals surface area (Å²) < 4.78 is 0.510. The lowest BCUT2D eigenvalue weighted by molar-refractivity contribution is -0.126. The number of benzene rings is 2.